The van der Waals surface area contributed by atoms with Crippen LogP contribution in [-0.2, 0) is 4.79 Å². The first-order chi connectivity index (χ1) is 9.72. The summed E-state index contributed by atoms with van der Waals surface area (Å²) in [6.45, 7) is 0. The predicted octanol–water partition coefficient (Wildman–Crippen LogP) is 2.55. The van der Waals surface area contributed by atoms with Gasteiger partial charge in [-0.05, 0) is 24.3 Å². The Bertz CT molecular complexity index is 702. The normalized spacial score (nSPS) is 13.1. The van der Waals surface area contributed by atoms with Gasteiger partial charge < -0.3 is 5.32 Å². The molecule has 6 heteroatoms. The van der Waals surface area contributed by atoms with Crippen molar-refractivity contribution in [2.75, 3.05) is 16.1 Å². The van der Waals surface area contributed by atoms with Crippen molar-refractivity contribution in [1.82, 2.24) is 4.98 Å². The molecule has 100 valence electrons. The number of rotatable bonds is 1. The number of halogens is 1. The number of amides is 2. The summed E-state index contributed by atoms with van der Waals surface area (Å²) < 4.78 is 0. The Morgan fingerprint density at radius 2 is 2.05 bits per heavy atom. The van der Waals surface area contributed by atoms with Gasteiger partial charge in [-0.3, -0.25) is 14.5 Å². The molecule has 0 saturated carbocycles. The molecular weight excluding hydrogens is 278 g/mol. The lowest BCUT2D eigenvalue weighted by molar-refractivity contribution is -0.115. The fourth-order valence-corrected chi connectivity index (χ4v) is 2.26. The molecule has 0 unspecified atom stereocenters. The van der Waals surface area contributed by atoms with E-state index in [2.05, 4.69) is 10.3 Å². The number of nitrogens with zero attached hydrogens (tertiary/aromatic N) is 2. The molecule has 0 saturated heterocycles. The van der Waals surface area contributed by atoms with E-state index in [0.717, 1.165) is 0 Å². The van der Waals surface area contributed by atoms with Crippen molar-refractivity contribution in [3.8, 4) is 0 Å². The topological polar surface area (TPSA) is 62.3 Å². The van der Waals surface area contributed by atoms with E-state index in [-0.39, 0.29) is 17.7 Å². The van der Waals surface area contributed by atoms with Gasteiger partial charge in [0.05, 0.1) is 16.9 Å². The van der Waals surface area contributed by atoms with Gasteiger partial charge in [0, 0.05) is 6.20 Å². The maximum absolute atomic E-state index is 12.2. The number of fused-ring (bicyclic) bond motifs is 2. The summed E-state index contributed by atoms with van der Waals surface area (Å²) in [7, 11) is 0. The van der Waals surface area contributed by atoms with E-state index < -0.39 is 0 Å². The van der Waals surface area contributed by atoms with Gasteiger partial charge in [-0.15, -0.1) is 11.6 Å². The van der Waals surface area contributed by atoms with Crippen LogP contribution in [0.1, 0.15) is 10.4 Å². The summed E-state index contributed by atoms with van der Waals surface area (Å²) in [5.74, 6) is -0.542. The largest absolute Gasteiger partial charge is 0.320 e. The van der Waals surface area contributed by atoms with Crippen LogP contribution in [0.3, 0.4) is 0 Å². The molecule has 1 aliphatic heterocycles. The van der Waals surface area contributed by atoms with Gasteiger partial charge in [-0.25, -0.2) is 4.98 Å². The molecule has 20 heavy (non-hydrogen) atoms. The molecule has 0 spiro atoms. The third-order valence-electron chi connectivity index (χ3n) is 3.00. The van der Waals surface area contributed by atoms with Gasteiger partial charge >= 0.3 is 0 Å². The minimum Gasteiger partial charge on any atom is -0.320 e. The van der Waals surface area contributed by atoms with Gasteiger partial charge in [0.15, 0.2) is 5.82 Å². The SMILES string of the molecule is O=C1Nc2ccccc2N(C(=O)CCl)c2ncccc21. The highest BCUT2D eigenvalue weighted by Gasteiger charge is 2.29. The zero-order valence-corrected chi connectivity index (χ0v) is 11.1. The van der Waals surface area contributed by atoms with Gasteiger partial charge in [0.1, 0.15) is 5.88 Å². The Labute approximate surface area is 120 Å². The summed E-state index contributed by atoms with van der Waals surface area (Å²) in [6, 6.07) is 10.3. The minimum absolute atomic E-state index is 0.196. The highest BCUT2D eigenvalue weighted by Crippen LogP contribution is 2.36. The predicted molar refractivity (Wildman–Crippen MR) is 76.5 cm³/mol. The number of aromatic nitrogens is 1. The average molecular weight is 288 g/mol. The number of para-hydroxylation sites is 2. The van der Waals surface area contributed by atoms with Crippen LogP contribution >= 0.6 is 11.6 Å². The molecule has 0 fully saturated rings. The third-order valence-corrected chi connectivity index (χ3v) is 3.23. The number of hydrogen-bond donors (Lipinski definition) is 1. The molecule has 5 nitrogen and oxygen atoms in total. The first-order valence-electron chi connectivity index (χ1n) is 5.96. The number of pyridine rings is 1. The molecule has 0 bridgehead atoms. The zero-order valence-electron chi connectivity index (χ0n) is 10.3. The fourth-order valence-electron chi connectivity index (χ4n) is 2.14. The van der Waals surface area contributed by atoms with Crippen LogP contribution in [0.2, 0.25) is 0 Å². The molecule has 3 rings (SSSR count). The second kappa shape index (κ2) is 4.94. The lowest BCUT2D eigenvalue weighted by Crippen LogP contribution is -2.28. The third kappa shape index (κ3) is 1.92. The van der Waals surface area contributed by atoms with Crippen molar-refractivity contribution >= 4 is 40.6 Å². The number of hydrogen-bond acceptors (Lipinski definition) is 3. The molecule has 2 amide bonds. The van der Waals surface area contributed by atoms with Crippen molar-refractivity contribution in [2.45, 2.75) is 0 Å². The monoisotopic (exact) mass is 287 g/mol. The van der Waals surface area contributed by atoms with Crippen molar-refractivity contribution in [3.05, 3.63) is 48.2 Å². The maximum atomic E-state index is 12.2. The Kier molecular flexibility index (Phi) is 3.12. The Hall–Kier alpha value is -2.40. The summed E-state index contributed by atoms with van der Waals surface area (Å²) in [5, 5.41) is 2.77. The van der Waals surface area contributed by atoms with Crippen LogP contribution in [0.5, 0.6) is 0 Å². The van der Waals surface area contributed by atoms with Crippen LogP contribution in [0.25, 0.3) is 0 Å². The molecule has 0 atom stereocenters. The second-order valence-electron chi connectivity index (χ2n) is 4.21. The molecule has 1 aromatic carbocycles. The minimum atomic E-state index is -0.337. The first-order valence-corrected chi connectivity index (χ1v) is 6.50. The number of carbonyl (C=O) groups excluding carboxylic acids is 2. The standard InChI is InChI=1S/C14H10ClN3O2/c15-8-12(19)18-11-6-2-1-5-10(11)17-14(20)9-4-3-7-16-13(9)18/h1-7H,8H2,(H,17,20). The summed E-state index contributed by atoms with van der Waals surface area (Å²) in [5.41, 5.74) is 1.44. The summed E-state index contributed by atoms with van der Waals surface area (Å²) in [6.07, 6.45) is 1.54. The van der Waals surface area contributed by atoms with E-state index in [1.54, 1.807) is 36.4 Å². The van der Waals surface area contributed by atoms with Gasteiger partial charge in [-0.2, -0.15) is 0 Å². The summed E-state index contributed by atoms with van der Waals surface area (Å²) in [4.78, 5) is 29.9. The van der Waals surface area contributed by atoms with E-state index in [1.165, 1.54) is 11.1 Å². The molecular formula is C14H10ClN3O2. The smallest absolute Gasteiger partial charge is 0.259 e. The van der Waals surface area contributed by atoms with E-state index in [4.69, 9.17) is 11.6 Å². The molecule has 0 aliphatic carbocycles. The molecule has 2 heterocycles. The van der Waals surface area contributed by atoms with Gasteiger partial charge in [0.25, 0.3) is 5.91 Å². The van der Waals surface area contributed by atoms with Crippen LogP contribution in [0, 0.1) is 0 Å². The van der Waals surface area contributed by atoms with E-state index in [9.17, 15) is 9.59 Å². The number of alkyl halides is 1. The molecule has 1 N–H and O–H groups in total. The maximum Gasteiger partial charge on any atom is 0.259 e. The number of benzene rings is 1. The van der Waals surface area contributed by atoms with Crippen LogP contribution < -0.4 is 10.2 Å². The fraction of sp³-hybridized carbons (Fsp3) is 0.0714. The summed E-state index contributed by atoms with van der Waals surface area (Å²) >= 11 is 5.68. The lowest BCUT2D eigenvalue weighted by atomic mass is 10.2. The molecule has 0 radical (unpaired) electrons. The van der Waals surface area contributed by atoms with Crippen LogP contribution in [0.4, 0.5) is 17.2 Å². The van der Waals surface area contributed by atoms with E-state index in [1.807, 2.05) is 0 Å². The van der Waals surface area contributed by atoms with Gasteiger partial charge in [0.2, 0.25) is 5.91 Å². The van der Waals surface area contributed by atoms with Crippen molar-refractivity contribution in [2.24, 2.45) is 0 Å². The number of carbonyl (C=O) groups is 2. The van der Waals surface area contributed by atoms with Crippen molar-refractivity contribution < 1.29 is 9.59 Å². The molecule has 1 aromatic heterocycles. The van der Waals surface area contributed by atoms with Crippen LogP contribution in [0.15, 0.2) is 42.6 Å². The Balaban J connectivity index is 2.29. The Morgan fingerprint density at radius 3 is 2.85 bits per heavy atom. The molecule has 1 aliphatic rings. The number of nitrogens with one attached hydrogen (secondary N) is 1. The first kappa shape index (κ1) is 12.6. The molecule has 2 aromatic rings. The van der Waals surface area contributed by atoms with Crippen LogP contribution in [-0.4, -0.2) is 22.7 Å². The zero-order chi connectivity index (χ0) is 14.1. The number of anilines is 3. The Morgan fingerprint density at radius 1 is 1.25 bits per heavy atom. The average Bonchev–Trinajstić information content (AvgIpc) is 2.61. The highest BCUT2D eigenvalue weighted by molar-refractivity contribution is 6.31. The van der Waals surface area contributed by atoms with Crippen molar-refractivity contribution in [1.29, 1.82) is 0 Å². The quantitative estimate of drug-likeness (QED) is 0.820. The van der Waals surface area contributed by atoms with E-state index >= 15 is 0 Å². The second-order valence-corrected chi connectivity index (χ2v) is 4.48. The van der Waals surface area contributed by atoms with Gasteiger partial charge in [-0.1, -0.05) is 12.1 Å². The van der Waals surface area contributed by atoms with Crippen molar-refractivity contribution in [3.63, 3.8) is 0 Å². The van der Waals surface area contributed by atoms with E-state index in [0.29, 0.717) is 22.8 Å². The highest BCUT2D eigenvalue weighted by atomic mass is 35.5. The lowest BCUT2D eigenvalue weighted by Gasteiger charge is -2.21.